The summed E-state index contributed by atoms with van der Waals surface area (Å²) >= 11 is 0. The minimum Gasteiger partial charge on any atom is -0.393 e. The van der Waals surface area contributed by atoms with Gasteiger partial charge in [0.15, 0.2) is 0 Å². The molecule has 0 radical (unpaired) electrons. The summed E-state index contributed by atoms with van der Waals surface area (Å²) in [4.78, 5) is 0. The lowest BCUT2D eigenvalue weighted by Crippen LogP contribution is -2.47. The molecule has 2 rings (SSSR count). The Morgan fingerprint density at radius 2 is 1.79 bits per heavy atom. The van der Waals surface area contributed by atoms with Gasteiger partial charge in [-0.05, 0) is 30.2 Å². The minimum atomic E-state index is -0.131. The van der Waals surface area contributed by atoms with E-state index >= 15 is 0 Å². The van der Waals surface area contributed by atoms with Crippen molar-refractivity contribution < 1.29 is 5.11 Å². The van der Waals surface area contributed by atoms with Crippen LogP contribution in [-0.2, 0) is 0 Å². The van der Waals surface area contributed by atoms with Gasteiger partial charge in [0, 0.05) is 0 Å². The third kappa shape index (κ3) is 1.36. The molecule has 76 valence electrons. The first-order valence-electron chi connectivity index (χ1n) is 5.26. The molecule has 1 aliphatic carbocycles. The maximum atomic E-state index is 9.66. The van der Waals surface area contributed by atoms with Crippen molar-refractivity contribution >= 4 is 0 Å². The van der Waals surface area contributed by atoms with Gasteiger partial charge < -0.3 is 5.11 Å². The standard InChI is InChI=1S/C13H18O/c1-9-4-6-10(7-5-9)11-8-12(14)13(11,2)3/h4-7,11-12,14H,8H2,1-3H3. The van der Waals surface area contributed by atoms with Crippen molar-refractivity contribution in [3.05, 3.63) is 35.4 Å². The predicted octanol–water partition coefficient (Wildman–Crippen LogP) is 2.87. The molecule has 1 fully saturated rings. The van der Waals surface area contributed by atoms with Crippen LogP contribution in [0, 0.1) is 12.3 Å². The highest BCUT2D eigenvalue weighted by atomic mass is 16.3. The van der Waals surface area contributed by atoms with E-state index in [2.05, 4.69) is 45.0 Å². The summed E-state index contributed by atoms with van der Waals surface area (Å²) in [6, 6.07) is 8.67. The molecule has 1 aliphatic rings. The van der Waals surface area contributed by atoms with Crippen LogP contribution >= 0.6 is 0 Å². The zero-order valence-electron chi connectivity index (χ0n) is 9.12. The molecule has 1 heteroatoms. The van der Waals surface area contributed by atoms with Crippen molar-refractivity contribution in [2.45, 2.75) is 39.2 Å². The molecule has 1 nitrogen and oxygen atoms in total. The number of rotatable bonds is 1. The first-order valence-corrected chi connectivity index (χ1v) is 5.26. The highest BCUT2D eigenvalue weighted by Gasteiger charge is 2.47. The molecule has 0 amide bonds. The van der Waals surface area contributed by atoms with Crippen LogP contribution in [0.4, 0.5) is 0 Å². The zero-order valence-corrected chi connectivity index (χ0v) is 9.12. The fraction of sp³-hybridized carbons (Fsp3) is 0.538. The maximum Gasteiger partial charge on any atom is 0.0603 e. The molecule has 0 bridgehead atoms. The van der Waals surface area contributed by atoms with Crippen molar-refractivity contribution in [2.75, 3.05) is 0 Å². The largest absolute Gasteiger partial charge is 0.393 e. The first kappa shape index (κ1) is 9.72. The quantitative estimate of drug-likeness (QED) is 0.722. The topological polar surface area (TPSA) is 20.2 Å². The van der Waals surface area contributed by atoms with Crippen molar-refractivity contribution in [2.24, 2.45) is 5.41 Å². The number of hydrogen-bond acceptors (Lipinski definition) is 1. The van der Waals surface area contributed by atoms with Crippen LogP contribution in [0.2, 0.25) is 0 Å². The Morgan fingerprint density at radius 3 is 2.21 bits per heavy atom. The molecule has 0 aliphatic heterocycles. The average Bonchev–Trinajstić information content (AvgIpc) is 2.16. The van der Waals surface area contributed by atoms with E-state index in [0.29, 0.717) is 5.92 Å². The second kappa shape index (κ2) is 3.09. The summed E-state index contributed by atoms with van der Waals surface area (Å²) in [5, 5.41) is 9.66. The molecule has 0 spiro atoms. The fourth-order valence-electron chi connectivity index (χ4n) is 2.27. The SMILES string of the molecule is Cc1ccc(C2CC(O)C2(C)C)cc1. The van der Waals surface area contributed by atoms with Gasteiger partial charge in [0.25, 0.3) is 0 Å². The van der Waals surface area contributed by atoms with E-state index in [1.54, 1.807) is 0 Å². The van der Waals surface area contributed by atoms with E-state index in [0.717, 1.165) is 6.42 Å². The van der Waals surface area contributed by atoms with Gasteiger partial charge in [-0.25, -0.2) is 0 Å². The highest BCUT2D eigenvalue weighted by molar-refractivity contribution is 5.29. The van der Waals surface area contributed by atoms with Gasteiger partial charge in [-0.15, -0.1) is 0 Å². The first-order chi connectivity index (χ1) is 6.51. The van der Waals surface area contributed by atoms with Crippen LogP contribution in [0.5, 0.6) is 0 Å². The molecule has 0 saturated heterocycles. The Balaban J connectivity index is 2.22. The summed E-state index contributed by atoms with van der Waals surface area (Å²) in [7, 11) is 0. The number of hydrogen-bond donors (Lipinski definition) is 1. The molecule has 1 aromatic carbocycles. The van der Waals surface area contributed by atoms with E-state index in [-0.39, 0.29) is 11.5 Å². The van der Waals surface area contributed by atoms with Gasteiger partial charge in [0.05, 0.1) is 6.10 Å². The van der Waals surface area contributed by atoms with E-state index < -0.39 is 0 Å². The molecule has 1 aromatic rings. The van der Waals surface area contributed by atoms with E-state index in [4.69, 9.17) is 0 Å². The summed E-state index contributed by atoms with van der Waals surface area (Å²) < 4.78 is 0. The maximum absolute atomic E-state index is 9.66. The normalized spacial score (nSPS) is 29.7. The zero-order chi connectivity index (χ0) is 10.3. The summed E-state index contributed by atoms with van der Waals surface area (Å²) in [5.74, 6) is 0.526. The summed E-state index contributed by atoms with van der Waals surface area (Å²) in [5.41, 5.74) is 2.72. The number of aliphatic hydroxyl groups excluding tert-OH is 1. The number of aliphatic hydroxyl groups is 1. The summed E-state index contributed by atoms with van der Waals surface area (Å²) in [6.45, 7) is 6.39. The van der Waals surface area contributed by atoms with Crippen LogP contribution < -0.4 is 0 Å². The van der Waals surface area contributed by atoms with Crippen molar-refractivity contribution in [1.82, 2.24) is 0 Å². The van der Waals surface area contributed by atoms with Crippen LogP contribution in [0.15, 0.2) is 24.3 Å². The van der Waals surface area contributed by atoms with Gasteiger partial charge in [-0.1, -0.05) is 43.7 Å². The molecule has 1 N–H and O–H groups in total. The third-order valence-electron chi connectivity index (χ3n) is 3.70. The van der Waals surface area contributed by atoms with E-state index in [9.17, 15) is 5.11 Å². The van der Waals surface area contributed by atoms with E-state index in [1.165, 1.54) is 11.1 Å². The van der Waals surface area contributed by atoms with Crippen LogP contribution in [-0.4, -0.2) is 11.2 Å². The fourth-order valence-corrected chi connectivity index (χ4v) is 2.27. The van der Waals surface area contributed by atoms with Gasteiger partial charge in [-0.2, -0.15) is 0 Å². The number of aryl methyl sites for hydroxylation is 1. The Kier molecular flexibility index (Phi) is 2.15. The van der Waals surface area contributed by atoms with Crippen molar-refractivity contribution in [3.8, 4) is 0 Å². The minimum absolute atomic E-state index is 0.0509. The van der Waals surface area contributed by atoms with Crippen molar-refractivity contribution in [3.63, 3.8) is 0 Å². The smallest absolute Gasteiger partial charge is 0.0603 e. The van der Waals surface area contributed by atoms with Crippen LogP contribution in [0.1, 0.15) is 37.3 Å². The molecule has 14 heavy (non-hydrogen) atoms. The van der Waals surface area contributed by atoms with Crippen LogP contribution in [0.3, 0.4) is 0 Å². The molecule has 0 heterocycles. The average molecular weight is 190 g/mol. The second-order valence-corrected chi connectivity index (χ2v) is 5.04. The van der Waals surface area contributed by atoms with Gasteiger partial charge >= 0.3 is 0 Å². The Labute approximate surface area is 85.8 Å². The molecule has 2 atom stereocenters. The molecule has 0 aromatic heterocycles. The Bertz CT molecular complexity index is 324. The van der Waals surface area contributed by atoms with Gasteiger partial charge in [0.1, 0.15) is 0 Å². The highest BCUT2D eigenvalue weighted by Crippen LogP contribution is 2.52. The lowest BCUT2D eigenvalue weighted by atomic mass is 9.58. The molecular formula is C13H18O. The Hall–Kier alpha value is -0.820. The lowest BCUT2D eigenvalue weighted by Gasteiger charge is -2.49. The number of benzene rings is 1. The van der Waals surface area contributed by atoms with E-state index in [1.807, 2.05) is 0 Å². The third-order valence-corrected chi connectivity index (χ3v) is 3.70. The van der Waals surface area contributed by atoms with Crippen molar-refractivity contribution in [1.29, 1.82) is 0 Å². The predicted molar refractivity (Wildman–Crippen MR) is 58.3 cm³/mol. The summed E-state index contributed by atoms with van der Waals surface area (Å²) in [6.07, 6.45) is 0.782. The van der Waals surface area contributed by atoms with Crippen LogP contribution in [0.25, 0.3) is 0 Å². The Morgan fingerprint density at radius 1 is 1.21 bits per heavy atom. The molecule has 2 unspecified atom stereocenters. The second-order valence-electron chi connectivity index (χ2n) is 5.04. The van der Waals surface area contributed by atoms with Gasteiger partial charge in [0.2, 0.25) is 0 Å². The lowest BCUT2D eigenvalue weighted by molar-refractivity contribution is -0.0625. The monoisotopic (exact) mass is 190 g/mol. The molecular weight excluding hydrogens is 172 g/mol. The van der Waals surface area contributed by atoms with Gasteiger partial charge in [-0.3, -0.25) is 0 Å². The molecule has 1 saturated carbocycles.